The molecule has 295 valence electrons. The third kappa shape index (κ3) is 9.19. The largest absolute Gasteiger partial charge is 0.512 e. The first-order chi connectivity index (χ1) is 25.5. The number of benzene rings is 3. The molecule has 6 heteroatoms. The zero-order chi connectivity index (χ0) is 39.6. The number of fused-ring (bicyclic) bond motifs is 3. The van der Waals surface area contributed by atoms with E-state index in [-0.39, 0.29) is 47.9 Å². The minimum absolute atomic E-state index is 0. The molecule has 0 unspecified atom stereocenters. The van der Waals surface area contributed by atoms with Crippen LogP contribution in [0.4, 0.5) is 0 Å². The number of allylic oxidation sites excluding steroid dienone is 2. The number of carbonyl (C=O) groups excluding carboxylic acids is 1. The summed E-state index contributed by atoms with van der Waals surface area (Å²) in [4.78, 5) is 17.1. The minimum atomic E-state index is -0.337. The summed E-state index contributed by atoms with van der Waals surface area (Å²) in [6.45, 7) is 25.4. The molecule has 0 saturated heterocycles. The van der Waals surface area contributed by atoms with Crippen LogP contribution in [0.15, 0.2) is 87.6 Å². The number of furan rings is 2. The Morgan fingerprint density at radius 1 is 0.855 bits per heavy atom. The summed E-state index contributed by atoms with van der Waals surface area (Å²) < 4.78 is 12.0. The van der Waals surface area contributed by atoms with Crippen molar-refractivity contribution in [1.82, 2.24) is 4.98 Å². The van der Waals surface area contributed by atoms with Crippen LogP contribution < -0.4 is 0 Å². The molecule has 0 aliphatic rings. The molecule has 0 bridgehead atoms. The monoisotopic (exact) mass is 919 g/mol. The van der Waals surface area contributed by atoms with Gasteiger partial charge in [0.2, 0.25) is 5.71 Å². The molecule has 0 aliphatic carbocycles. The number of hydrogen-bond donors (Lipinski definition) is 1. The molecule has 55 heavy (non-hydrogen) atoms. The van der Waals surface area contributed by atoms with Crippen molar-refractivity contribution >= 4 is 38.6 Å². The second-order valence-electron chi connectivity index (χ2n) is 17.0. The van der Waals surface area contributed by atoms with Gasteiger partial charge in [0.15, 0.2) is 5.78 Å². The van der Waals surface area contributed by atoms with Crippen LogP contribution in [0.3, 0.4) is 0 Å². The van der Waals surface area contributed by atoms with E-state index in [9.17, 15) is 9.90 Å². The molecule has 1 N–H and O–H groups in total. The molecular weight excluding hydrogens is 859 g/mol. The molecule has 0 saturated carbocycles. The maximum atomic E-state index is 12.2. The third-order valence-electron chi connectivity index (χ3n) is 11.8. The van der Waals surface area contributed by atoms with E-state index in [0.29, 0.717) is 11.6 Å². The van der Waals surface area contributed by atoms with E-state index in [1.807, 2.05) is 47.6 Å². The van der Waals surface area contributed by atoms with E-state index in [4.69, 9.17) is 13.8 Å². The van der Waals surface area contributed by atoms with Gasteiger partial charge in [0, 0.05) is 59.0 Å². The minimum Gasteiger partial charge on any atom is -0.512 e. The SMILES string of the molecule is CCC(C)(CC)C(=O)/C=C(\O)C(C)(CC)CC.Cc1oc2ccc(-c3cc(-c4[c-]c5ccccc5c(C(C)(C)C)c4)nc4occc34)cc2c1CC(C)C.[Ir]. The van der Waals surface area contributed by atoms with E-state index in [1.165, 1.54) is 28.0 Å². The average Bonchev–Trinajstić information content (AvgIpc) is 3.76. The Morgan fingerprint density at radius 3 is 2.13 bits per heavy atom. The Kier molecular flexibility index (Phi) is 13.9. The van der Waals surface area contributed by atoms with E-state index in [0.717, 1.165) is 76.6 Å². The van der Waals surface area contributed by atoms with Crippen molar-refractivity contribution in [1.29, 1.82) is 0 Å². The quantitative estimate of drug-likeness (QED) is 0.0796. The fourth-order valence-corrected chi connectivity index (χ4v) is 7.10. The first kappa shape index (κ1) is 43.7. The molecule has 3 aromatic heterocycles. The van der Waals surface area contributed by atoms with Gasteiger partial charge in [-0.15, -0.1) is 29.1 Å². The van der Waals surface area contributed by atoms with E-state index in [1.54, 1.807) is 6.26 Å². The zero-order valence-electron chi connectivity index (χ0n) is 35.0. The zero-order valence-corrected chi connectivity index (χ0v) is 37.4. The molecule has 3 heterocycles. The molecule has 0 spiro atoms. The van der Waals surface area contributed by atoms with Gasteiger partial charge >= 0.3 is 0 Å². The fourth-order valence-electron chi connectivity index (χ4n) is 7.10. The molecule has 6 aromatic rings. The van der Waals surface area contributed by atoms with Gasteiger partial charge in [-0.3, -0.25) is 9.78 Å². The van der Waals surface area contributed by atoms with Crippen LogP contribution >= 0.6 is 0 Å². The van der Waals surface area contributed by atoms with Gasteiger partial charge in [0.05, 0.1) is 6.26 Å². The smallest absolute Gasteiger partial charge is 0.219 e. The Labute approximate surface area is 342 Å². The van der Waals surface area contributed by atoms with Gasteiger partial charge in [-0.1, -0.05) is 117 Å². The van der Waals surface area contributed by atoms with Crippen LogP contribution in [0.1, 0.15) is 119 Å². The van der Waals surface area contributed by atoms with Gasteiger partial charge in [0.1, 0.15) is 17.1 Å². The Hall–Kier alpha value is -3.99. The van der Waals surface area contributed by atoms with Crippen LogP contribution in [0.25, 0.3) is 55.2 Å². The van der Waals surface area contributed by atoms with Gasteiger partial charge in [-0.2, -0.15) is 0 Å². The van der Waals surface area contributed by atoms with Crippen molar-refractivity contribution in [3.05, 3.63) is 102 Å². The molecule has 0 atom stereocenters. The summed E-state index contributed by atoms with van der Waals surface area (Å²) in [7, 11) is 0. The Morgan fingerprint density at radius 2 is 1.51 bits per heavy atom. The first-order valence-electron chi connectivity index (χ1n) is 19.8. The molecule has 0 aliphatic heterocycles. The van der Waals surface area contributed by atoms with Gasteiger partial charge < -0.3 is 13.9 Å². The van der Waals surface area contributed by atoms with Crippen LogP contribution in [0.5, 0.6) is 0 Å². The fraction of sp³-hybridized carbons (Fsp3) is 0.429. The first-order valence-corrected chi connectivity index (χ1v) is 19.8. The third-order valence-corrected chi connectivity index (χ3v) is 11.8. The summed E-state index contributed by atoms with van der Waals surface area (Å²) in [6.07, 6.45) is 7.47. The number of carbonyl (C=O) groups is 1. The average molecular weight is 919 g/mol. The number of aromatic nitrogens is 1. The number of aryl methyl sites for hydroxylation is 1. The molecule has 0 amide bonds. The summed E-state index contributed by atoms with van der Waals surface area (Å²) in [5, 5.41) is 14.7. The number of hydrogen-bond acceptors (Lipinski definition) is 5. The number of aliphatic hydroxyl groups excluding tert-OH is 1. The van der Waals surface area contributed by atoms with Crippen LogP contribution in [-0.2, 0) is 36.7 Å². The molecular formula is C49H60IrNO4-. The summed E-state index contributed by atoms with van der Waals surface area (Å²) >= 11 is 0. The predicted octanol–water partition coefficient (Wildman–Crippen LogP) is 14.3. The van der Waals surface area contributed by atoms with Gasteiger partial charge in [0.25, 0.3) is 0 Å². The number of nitrogens with zero attached hydrogens (tertiary/aromatic N) is 1. The topological polar surface area (TPSA) is 76.5 Å². The van der Waals surface area contributed by atoms with E-state index >= 15 is 0 Å². The summed E-state index contributed by atoms with van der Waals surface area (Å²) in [5.41, 5.74) is 7.60. The Bertz CT molecular complexity index is 2290. The Balaban J connectivity index is 0.000000320. The number of pyridine rings is 1. The van der Waals surface area contributed by atoms with E-state index in [2.05, 4.69) is 102 Å². The second-order valence-corrected chi connectivity index (χ2v) is 17.0. The van der Waals surface area contributed by atoms with Crippen molar-refractivity contribution in [2.75, 3.05) is 0 Å². The summed E-state index contributed by atoms with van der Waals surface area (Å²) in [5.74, 6) is 1.84. The maximum Gasteiger partial charge on any atom is 0.219 e. The molecule has 0 fully saturated rings. The molecule has 3 aromatic carbocycles. The number of ketones is 1. The molecule has 1 radical (unpaired) electrons. The van der Waals surface area contributed by atoms with Crippen molar-refractivity contribution in [2.45, 2.75) is 121 Å². The van der Waals surface area contributed by atoms with Crippen molar-refractivity contribution in [3.63, 3.8) is 0 Å². The van der Waals surface area contributed by atoms with Crippen LogP contribution in [0.2, 0.25) is 0 Å². The normalized spacial score (nSPS) is 12.6. The molecule has 5 nitrogen and oxygen atoms in total. The molecule has 6 rings (SSSR count). The van der Waals surface area contributed by atoms with Crippen LogP contribution in [0, 0.1) is 29.7 Å². The predicted molar refractivity (Wildman–Crippen MR) is 226 cm³/mol. The second kappa shape index (κ2) is 17.4. The maximum absolute atomic E-state index is 12.2. The van der Waals surface area contributed by atoms with Crippen molar-refractivity contribution in [2.24, 2.45) is 16.7 Å². The van der Waals surface area contributed by atoms with Gasteiger partial charge in [-0.25, -0.2) is 0 Å². The summed E-state index contributed by atoms with van der Waals surface area (Å²) in [6, 6.07) is 25.0. The van der Waals surface area contributed by atoms with E-state index < -0.39 is 0 Å². The van der Waals surface area contributed by atoms with Crippen molar-refractivity contribution in [3.8, 4) is 22.4 Å². The van der Waals surface area contributed by atoms with Crippen molar-refractivity contribution < 1.29 is 38.8 Å². The number of rotatable bonds is 11. The van der Waals surface area contributed by atoms with Crippen LogP contribution in [-0.4, -0.2) is 15.9 Å². The standard InChI is InChI=1S/C34H32NO2.C15H28O2.Ir/c1-20(2)15-27-21(3)37-32-12-11-23(17-29(27)32)28-19-31(35-33-26(28)13-14-36-33)24-16-22-9-7-8-10-25(22)30(18-24)34(4,5)6;1-7-14(5,8-2)12(16)11-13(17)15(6,9-3)10-4;/h7-14,17-20H,15H2,1-6H3;11,16H,7-10H2,1-6H3;/q-1;;/b;12-11-;. The van der Waals surface area contributed by atoms with Gasteiger partial charge in [-0.05, 0) is 79.7 Å². The number of aliphatic hydroxyl groups is 1.